The van der Waals surface area contributed by atoms with Crippen LogP contribution in [0.5, 0.6) is 0 Å². The van der Waals surface area contributed by atoms with Gasteiger partial charge in [0.15, 0.2) is 0 Å². The summed E-state index contributed by atoms with van der Waals surface area (Å²) in [5, 5.41) is 12.9. The van der Waals surface area contributed by atoms with Crippen LogP contribution in [0.4, 0.5) is 0 Å². The summed E-state index contributed by atoms with van der Waals surface area (Å²) < 4.78 is 5.35. The van der Waals surface area contributed by atoms with Crippen LogP contribution in [-0.4, -0.2) is 36.0 Å². The lowest BCUT2D eigenvalue weighted by atomic mass is 10.3. The zero-order chi connectivity index (χ0) is 13.2. The van der Waals surface area contributed by atoms with Crippen LogP contribution in [0, 0.1) is 6.92 Å². The van der Waals surface area contributed by atoms with E-state index in [1.165, 1.54) is 0 Å². The van der Waals surface area contributed by atoms with Gasteiger partial charge in [0.25, 0.3) is 0 Å². The number of aryl methyl sites for hydroxylation is 1. The van der Waals surface area contributed by atoms with Gasteiger partial charge in [-0.05, 0) is 25.5 Å². The Hall–Kier alpha value is -0.970. The summed E-state index contributed by atoms with van der Waals surface area (Å²) in [6.45, 7) is 6.42. The van der Waals surface area contributed by atoms with E-state index in [2.05, 4.69) is 17.2 Å². The fourth-order valence-corrected chi connectivity index (χ4v) is 1.59. The van der Waals surface area contributed by atoms with Crippen molar-refractivity contribution in [1.82, 2.24) is 10.3 Å². The van der Waals surface area contributed by atoms with Crippen molar-refractivity contribution in [2.24, 2.45) is 0 Å². The van der Waals surface area contributed by atoms with E-state index in [-0.39, 0.29) is 0 Å². The maximum absolute atomic E-state index is 9.67. The summed E-state index contributed by atoms with van der Waals surface area (Å²) in [7, 11) is 0. The van der Waals surface area contributed by atoms with Gasteiger partial charge < -0.3 is 15.2 Å². The maximum Gasteiger partial charge on any atom is 0.0897 e. The summed E-state index contributed by atoms with van der Waals surface area (Å²) in [6.07, 6.45) is 1.72. The number of nitrogens with zero attached hydrogens (tertiary/aromatic N) is 1. The third-order valence-corrected chi connectivity index (χ3v) is 2.58. The molecule has 1 aromatic heterocycles. The lowest BCUT2D eigenvalue weighted by molar-refractivity contribution is 0.0357. The number of aliphatic hydroxyl groups is 1. The van der Waals surface area contributed by atoms with Crippen molar-refractivity contribution < 1.29 is 9.84 Å². The standard InChI is InChI=1S/C14H24N2O2/c1-3-4-8-18-11-14(17)10-15-9-13-7-5-6-12(2)16-13/h5-7,14-15,17H,3-4,8-11H2,1-2H3. The largest absolute Gasteiger partial charge is 0.389 e. The van der Waals surface area contributed by atoms with E-state index in [1.807, 2.05) is 25.1 Å². The quantitative estimate of drug-likeness (QED) is 0.656. The molecule has 1 atom stereocenters. The van der Waals surface area contributed by atoms with E-state index < -0.39 is 6.10 Å². The zero-order valence-corrected chi connectivity index (χ0v) is 11.4. The summed E-state index contributed by atoms with van der Waals surface area (Å²) in [6, 6.07) is 5.94. The van der Waals surface area contributed by atoms with Gasteiger partial charge in [0.2, 0.25) is 0 Å². The van der Waals surface area contributed by atoms with Crippen molar-refractivity contribution >= 4 is 0 Å². The van der Waals surface area contributed by atoms with E-state index >= 15 is 0 Å². The van der Waals surface area contributed by atoms with Crippen LogP contribution in [0.2, 0.25) is 0 Å². The molecule has 0 radical (unpaired) electrons. The van der Waals surface area contributed by atoms with Crippen LogP contribution in [0.25, 0.3) is 0 Å². The van der Waals surface area contributed by atoms with E-state index in [0.717, 1.165) is 30.8 Å². The van der Waals surface area contributed by atoms with E-state index in [1.54, 1.807) is 0 Å². The van der Waals surface area contributed by atoms with E-state index in [0.29, 0.717) is 19.7 Å². The molecule has 0 aliphatic carbocycles. The highest BCUT2D eigenvalue weighted by molar-refractivity contribution is 5.09. The molecule has 0 aliphatic heterocycles. The van der Waals surface area contributed by atoms with Crippen molar-refractivity contribution in [3.63, 3.8) is 0 Å². The first-order chi connectivity index (χ1) is 8.72. The molecule has 0 spiro atoms. The predicted molar refractivity (Wildman–Crippen MR) is 72.4 cm³/mol. The molecule has 0 saturated heterocycles. The molecule has 1 unspecified atom stereocenters. The highest BCUT2D eigenvalue weighted by atomic mass is 16.5. The smallest absolute Gasteiger partial charge is 0.0897 e. The minimum atomic E-state index is -0.452. The molecule has 0 fully saturated rings. The lowest BCUT2D eigenvalue weighted by Gasteiger charge is -2.12. The van der Waals surface area contributed by atoms with Crippen LogP contribution in [0.1, 0.15) is 31.2 Å². The Kier molecular flexibility index (Phi) is 7.57. The van der Waals surface area contributed by atoms with Crippen molar-refractivity contribution in [2.75, 3.05) is 19.8 Å². The van der Waals surface area contributed by atoms with Gasteiger partial charge in [-0.3, -0.25) is 4.98 Å². The fourth-order valence-electron chi connectivity index (χ4n) is 1.59. The maximum atomic E-state index is 9.67. The number of unbranched alkanes of at least 4 members (excludes halogenated alkanes) is 1. The molecule has 102 valence electrons. The summed E-state index contributed by atoms with van der Waals surface area (Å²) in [4.78, 5) is 4.38. The number of ether oxygens (including phenoxy) is 1. The highest BCUT2D eigenvalue weighted by Gasteiger charge is 2.03. The Bertz CT molecular complexity index is 331. The summed E-state index contributed by atoms with van der Waals surface area (Å²) in [5.74, 6) is 0. The first-order valence-corrected chi connectivity index (χ1v) is 6.61. The molecule has 2 N–H and O–H groups in total. The summed E-state index contributed by atoms with van der Waals surface area (Å²) >= 11 is 0. The molecule has 0 amide bonds. The number of aliphatic hydroxyl groups excluding tert-OH is 1. The normalized spacial score (nSPS) is 12.6. The minimum Gasteiger partial charge on any atom is -0.389 e. The number of pyridine rings is 1. The second kappa shape index (κ2) is 9.03. The Labute approximate surface area is 109 Å². The highest BCUT2D eigenvalue weighted by Crippen LogP contribution is 1.97. The molecular weight excluding hydrogens is 228 g/mol. The van der Waals surface area contributed by atoms with Crippen LogP contribution in [0.3, 0.4) is 0 Å². The zero-order valence-electron chi connectivity index (χ0n) is 11.4. The monoisotopic (exact) mass is 252 g/mol. The summed E-state index contributed by atoms with van der Waals surface area (Å²) in [5.41, 5.74) is 2.01. The molecule has 1 aromatic rings. The number of aromatic nitrogens is 1. The van der Waals surface area contributed by atoms with Gasteiger partial charge in [0, 0.05) is 25.4 Å². The predicted octanol–water partition coefficient (Wildman–Crippen LogP) is 1.66. The molecule has 1 heterocycles. The van der Waals surface area contributed by atoms with E-state index in [9.17, 15) is 5.11 Å². The Balaban J connectivity index is 2.09. The average molecular weight is 252 g/mol. The van der Waals surface area contributed by atoms with Gasteiger partial charge in [-0.15, -0.1) is 0 Å². The number of hydrogen-bond donors (Lipinski definition) is 2. The fraction of sp³-hybridized carbons (Fsp3) is 0.643. The number of hydrogen-bond acceptors (Lipinski definition) is 4. The lowest BCUT2D eigenvalue weighted by Crippen LogP contribution is -2.30. The topological polar surface area (TPSA) is 54.4 Å². The molecule has 0 aliphatic rings. The van der Waals surface area contributed by atoms with Crippen LogP contribution < -0.4 is 5.32 Å². The van der Waals surface area contributed by atoms with E-state index in [4.69, 9.17) is 4.74 Å². The number of nitrogens with one attached hydrogen (secondary N) is 1. The van der Waals surface area contributed by atoms with Crippen molar-refractivity contribution in [1.29, 1.82) is 0 Å². The van der Waals surface area contributed by atoms with Gasteiger partial charge in [0.05, 0.1) is 18.4 Å². The van der Waals surface area contributed by atoms with Gasteiger partial charge in [-0.2, -0.15) is 0 Å². The average Bonchev–Trinajstić information content (AvgIpc) is 2.35. The van der Waals surface area contributed by atoms with Gasteiger partial charge in [-0.25, -0.2) is 0 Å². The second-order valence-corrected chi connectivity index (χ2v) is 4.48. The van der Waals surface area contributed by atoms with Crippen molar-refractivity contribution in [3.05, 3.63) is 29.6 Å². The molecule has 0 bridgehead atoms. The first kappa shape index (κ1) is 15.1. The van der Waals surface area contributed by atoms with Crippen LogP contribution in [-0.2, 0) is 11.3 Å². The third kappa shape index (κ3) is 6.69. The minimum absolute atomic E-state index is 0.397. The molecule has 18 heavy (non-hydrogen) atoms. The second-order valence-electron chi connectivity index (χ2n) is 4.48. The SMILES string of the molecule is CCCCOCC(O)CNCc1cccc(C)n1. The molecule has 0 aromatic carbocycles. The third-order valence-electron chi connectivity index (χ3n) is 2.58. The van der Waals surface area contributed by atoms with Crippen molar-refractivity contribution in [2.45, 2.75) is 39.3 Å². The van der Waals surface area contributed by atoms with Gasteiger partial charge >= 0.3 is 0 Å². The Morgan fingerprint density at radius 3 is 3.00 bits per heavy atom. The van der Waals surface area contributed by atoms with Crippen LogP contribution >= 0.6 is 0 Å². The number of rotatable bonds is 9. The van der Waals surface area contributed by atoms with Crippen molar-refractivity contribution in [3.8, 4) is 0 Å². The van der Waals surface area contributed by atoms with Gasteiger partial charge in [-0.1, -0.05) is 19.4 Å². The molecule has 4 heteroatoms. The molecule has 4 nitrogen and oxygen atoms in total. The first-order valence-electron chi connectivity index (χ1n) is 6.61. The molecular formula is C14H24N2O2. The molecule has 0 saturated carbocycles. The van der Waals surface area contributed by atoms with Crippen LogP contribution in [0.15, 0.2) is 18.2 Å². The Morgan fingerprint density at radius 1 is 1.44 bits per heavy atom. The molecule has 1 rings (SSSR count). The Morgan fingerprint density at radius 2 is 2.28 bits per heavy atom. The van der Waals surface area contributed by atoms with Gasteiger partial charge in [0.1, 0.15) is 0 Å².